The fraction of sp³-hybridized carbons (Fsp3) is 0.238. The number of nitrogens with one attached hydrogen (secondary N) is 2. The molecule has 1 aliphatic rings. The second-order valence-corrected chi connectivity index (χ2v) is 6.89. The molecule has 0 fully saturated rings. The van der Waals surface area contributed by atoms with Crippen molar-refractivity contribution in [3.8, 4) is 11.4 Å². The number of ether oxygens (including phenoxy) is 1. The second kappa shape index (κ2) is 7.34. The van der Waals surface area contributed by atoms with E-state index in [2.05, 4.69) is 15.7 Å². The molecule has 0 bridgehead atoms. The van der Waals surface area contributed by atoms with E-state index in [1.807, 2.05) is 44.2 Å². The average molecular weight is 380 g/mol. The number of amides is 2. The predicted molar refractivity (Wildman–Crippen MR) is 105 cm³/mol. The van der Waals surface area contributed by atoms with Crippen LogP contribution >= 0.6 is 0 Å². The zero-order valence-electron chi connectivity index (χ0n) is 15.7. The maximum absolute atomic E-state index is 14.5. The van der Waals surface area contributed by atoms with Crippen LogP contribution in [0.4, 0.5) is 14.9 Å². The lowest BCUT2D eigenvalue weighted by molar-refractivity contribution is 0.219. The molecule has 1 aliphatic heterocycles. The second-order valence-electron chi connectivity index (χ2n) is 6.89. The number of fused-ring (bicyclic) bond motifs is 1. The highest BCUT2D eigenvalue weighted by atomic mass is 19.1. The minimum atomic E-state index is -0.460. The van der Waals surface area contributed by atoms with Crippen molar-refractivity contribution in [1.82, 2.24) is 15.1 Å². The number of hydrogen-bond acceptors (Lipinski definition) is 3. The smallest absolute Gasteiger partial charge is 0.319 e. The Morgan fingerprint density at radius 3 is 2.79 bits per heavy atom. The van der Waals surface area contributed by atoms with Crippen LogP contribution in [0.15, 0.2) is 48.5 Å². The Kier molecular flexibility index (Phi) is 4.73. The van der Waals surface area contributed by atoms with Crippen molar-refractivity contribution in [1.29, 1.82) is 0 Å². The molecule has 6 nitrogen and oxygen atoms in total. The number of carbonyl (C=O) groups is 1. The lowest BCUT2D eigenvalue weighted by atomic mass is 10.1. The van der Waals surface area contributed by atoms with Gasteiger partial charge in [-0.2, -0.15) is 5.10 Å². The van der Waals surface area contributed by atoms with Gasteiger partial charge in [-0.15, -0.1) is 0 Å². The van der Waals surface area contributed by atoms with E-state index in [1.165, 1.54) is 6.07 Å². The van der Waals surface area contributed by atoms with Crippen molar-refractivity contribution >= 4 is 11.7 Å². The third-order valence-corrected chi connectivity index (χ3v) is 4.65. The van der Waals surface area contributed by atoms with E-state index >= 15 is 0 Å². The Hall–Kier alpha value is -3.35. The zero-order valence-corrected chi connectivity index (χ0v) is 15.7. The van der Waals surface area contributed by atoms with Gasteiger partial charge in [-0.05, 0) is 49.7 Å². The van der Waals surface area contributed by atoms with E-state index in [4.69, 9.17) is 4.74 Å². The fourth-order valence-electron chi connectivity index (χ4n) is 3.38. The van der Waals surface area contributed by atoms with Crippen molar-refractivity contribution in [3.63, 3.8) is 0 Å². The molecule has 1 aromatic heterocycles. The first-order valence-electron chi connectivity index (χ1n) is 9.12. The van der Waals surface area contributed by atoms with E-state index in [-0.39, 0.29) is 6.10 Å². The maximum atomic E-state index is 14.5. The lowest BCUT2D eigenvalue weighted by Gasteiger charge is -2.13. The van der Waals surface area contributed by atoms with E-state index in [0.717, 1.165) is 29.1 Å². The average Bonchev–Trinajstić information content (AvgIpc) is 3.22. The molecule has 0 unspecified atom stereocenters. The molecule has 0 spiro atoms. The molecule has 0 radical (unpaired) electrons. The van der Waals surface area contributed by atoms with Gasteiger partial charge in [0.15, 0.2) is 5.82 Å². The summed E-state index contributed by atoms with van der Waals surface area (Å²) in [4.78, 5) is 12.1. The molecule has 1 atom stereocenters. The summed E-state index contributed by atoms with van der Waals surface area (Å²) in [5.74, 6) is 0.398. The number of halogens is 1. The molecular weight excluding hydrogens is 359 g/mol. The van der Waals surface area contributed by atoms with Crippen molar-refractivity contribution in [2.75, 3.05) is 11.9 Å². The normalized spacial score (nSPS) is 15.0. The number of rotatable bonds is 4. The third kappa shape index (κ3) is 3.69. The number of aromatic nitrogens is 2. The summed E-state index contributed by atoms with van der Waals surface area (Å²) in [6.07, 6.45) is 0.649. The molecule has 0 aliphatic carbocycles. The molecule has 0 saturated carbocycles. The molecular formula is C21H21FN4O2. The minimum Gasteiger partial charge on any atom is -0.488 e. The predicted octanol–water partition coefficient (Wildman–Crippen LogP) is 3.75. The van der Waals surface area contributed by atoms with Crippen molar-refractivity contribution in [3.05, 3.63) is 71.3 Å². The van der Waals surface area contributed by atoms with Crippen LogP contribution in [0.25, 0.3) is 5.69 Å². The number of hydrogen-bond donors (Lipinski definition) is 2. The van der Waals surface area contributed by atoms with Gasteiger partial charge >= 0.3 is 6.03 Å². The van der Waals surface area contributed by atoms with Crippen LogP contribution in [0.5, 0.6) is 5.75 Å². The van der Waals surface area contributed by atoms with Crippen LogP contribution in [0.2, 0.25) is 0 Å². The lowest BCUT2D eigenvalue weighted by Crippen LogP contribution is -2.37. The monoisotopic (exact) mass is 380 g/mol. The van der Waals surface area contributed by atoms with Crippen LogP contribution in [0.1, 0.15) is 17.0 Å². The van der Waals surface area contributed by atoms with Gasteiger partial charge in [-0.3, -0.25) is 0 Å². The van der Waals surface area contributed by atoms with Gasteiger partial charge in [0, 0.05) is 17.8 Å². The summed E-state index contributed by atoms with van der Waals surface area (Å²) in [5.41, 5.74) is 3.50. The summed E-state index contributed by atoms with van der Waals surface area (Å²) in [6, 6.07) is 13.8. The molecule has 7 heteroatoms. The first-order chi connectivity index (χ1) is 13.5. The summed E-state index contributed by atoms with van der Waals surface area (Å²) in [7, 11) is 0. The summed E-state index contributed by atoms with van der Waals surface area (Å²) < 4.78 is 21.8. The maximum Gasteiger partial charge on any atom is 0.319 e. The highest BCUT2D eigenvalue weighted by molar-refractivity contribution is 5.89. The topological polar surface area (TPSA) is 68.2 Å². The SMILES string of the molecule is Cc1cc(C)n(-c2ccc(NC(=O)NC[C@@H]3Cc4ccccc4O3)cc2F)n1. The molecule has 28 heavy (non-hydrogen) atoms. The number of para-hydroxylation sites is 1. The first kappa shape index (κ1) is 18.0. The Morgan fingerprint density at radius 2 is 2.07 bits per heavy atom. The van der Waals surface area contributed by atoms with E-state index in [1.54, 1.807) is 16.8 Å². The van der Waals surface area contributed by atoms with E-state index in [9.17, 15) is 9.18 Å². The quantitative estimate of drug-likeness (QED) is 0.724. The standard InChI is InChI=1S/C21H21FN4O2/c1-13-9-14(2)26(25-13)19-8-7-16(11-18(19)22)24-21(27)23-12-17-10-15-5-3-4-6-20(15)28-17/h3-9,11,17H,10,12H2,1-2H3,(H2,23,24,27)/t17-/m0/s1. The Bertz CT molecular complexity index is 1010. The van der Waals surface area contributed by atoms with Gasteiger partial charge in [0.25, 0.3) is 0 Å². The number of urea groups is 1. The highest BCUT2D eigenvalue weighted by Crippen LogP contribution is 2.27. The molecule has 0 saturated heterocycles. The third-order valence-electron chi connectivity index (χ3n) is 4.65. The molecule has 2 heterocycles. The highest BCUT2D eigenvalue weighted by Gasteiger charge is 2.22. The molecule has 2 amide bonds. The Balaban J connectivity index is 1.35. The summed E-state index contributed by atoms with van der Waals surface area (Å²) in [5, 5.41) is 9.71. The van der Waals surface area contributed by atoms with Crippen molar-refractivity contribution in [2.45, 2.75) is 26.4 Å². The van der Waals surface area contributed by atoms with Gasteiger partial charge in [0.1, 0.15) is 17.5 Å². The zero-order chi connectivity index (χ0) is 19.7. The van der Waals surface area contributed by atoms with E-state index < -0.39 is 11.8 Å². The fourth-order valence-corrected chi connectivity index (χ4v) is 3.38. The number of nitrogens with zero attached hydrogens (tertiary/aromatic N) is 2. The molecule has 3 aromatic rings. The first-order valence-corrected chi connectivity index (χ1v) is 9.12. The van der Waals surface area contributed by atoms with Crippen LogP contribution in [0.3, 0.4) is 0 Å². The summed E-state index contributed by atoms with van der Waals surface area (Å²) >= 11 is 0. The number of carbonyl (C=O) groups excluding carboxylic acids is 1. The van der Waals surface area contributed by atoms with Crippen molar-refractivity contribution < 1.29 is 13.9 Å². The van der Waals surface area contributed by atoms with Crippen LogP contribution in [-0.4, -0.2) is 28.5 Å². The van der Waals surface area contributed by atoms with Gasteiger partial charge in [-0.25, -0.2) is 13.9 Å². The van der Waals surface area contributed by atoms with Gasteiger partial charge in [0.2, 0.25) is 0 Å². The van der Waals surface area contributed by atoms with E-state index in [0.29, 0.717) is 17.9 Å². The minimum absolute atomic E-state index is 0.103. The largest absolute Gasteiger partial charge is 0.488 e. The van der Waals surface area contributed by atoms with Gasteiger partial charge in [-0.1, -0.05) is 18.2 Å². The molecule has 2 N–H and O–H groups in total. The van der Waals surface area contributed by atoms with Crippen LogP contribution in [-0.2, 0) is 6.42 Å². The molecule has 2 aromatic carbocycles. The molecule has 144 valence electrons. The Morgan fingerprint density at radius 1 is 1.25 bits per heavy atom. The van der Waals surface area contributed by atoms with Gasteiger partial charge < -0.3 is 15.4 Å². The van der Waals surface area contributed by atoms with Gasteiger partial charge in [0.05, 0.1) is 12.2 Å². The van der Waals surface area contributed by atoms with Crippen LogP contribution in [0, 0.1) is 19.7 Å². The number of aryl methyl sites for hydroxylation is 2. The Labute approximate surface area is 162 Å². The van der Waals surface area contributed by atoms with Crippen molar-refractivity contribution in [2.24, 2.45) is 0 Å². The van der Waals surface area contributed by atoms with Crippen LogP contribution < -0.4 is 15.4 Å². The number of anilines is 1. The number of benzene rings is 2. The summed E-state index contributed by atoms with van der Waals surface area (Å²) in [6.45, 7) is 4.09. The molecule has 4 rings (SSSR count).